The van der Waals surface area contributed by atoms with Crippen LogP contribution in [0.5, 0.6) is 0 Å². The molecule has 0 aliphatic carbocycles. The zero-order valence-electron chi connectivity index (χ0n) is 17.4. The summed E-state index contributed by atoms with van der Waals surface area (Å²) in [6.45, 7) is 10.8. The van der Waals surface area contributed by atoms with E-state index < -0.39 is 0 Å². The van der Waals surface area contributed by atoms with Gasteiger partial charge in [-0.15, -0.1) is 0 Å². The van der Waals surface area contributed by atoms with Gasteiger partial charge in [-0.2, -0.15) is 5.10 Å². The maximum absolute atomic E-state index is 4.58. The fourth-order valence-electron chi connectivity index (χ4n) is 3.61. The molecule has 1 rings (SSSR count). The molecular weight excluding hydrogens is 306 g/mol. The third-order valence-corrected chi connectivity index (χ3v) is 5.17. The van der Waals surface area contributed by atoms with E-state index in [0.29, 0.717) is 6.04 Å². The minimum absolute atomic E-state index is 0.695. The lowest BCUT2D eigenvalue weighted by Crippen LogP contribution is -2.32. The van der Waals surface area contributed by atoms with Crippen LogP contribution in [-0.2, 0) is 6.54 Å². The van der Waals surface area contributed by atoms with Gasteiger partial charge in [0.15, 0.2) is 0 Å². The molecule has 3 heteroatoms. The van der Waals surface area contributed by atoms with Crippen molar-refractivity contribution >= 4 is 0 Å². The van der Waals surface area contributed by atoms with E-state index in [1.807, 2.05) is 0 Å². The summed E-state index contributed by atoms with van der Waals surface area (Å²) in [5.74, 6) is 0. The van der Waals surface area contributed by atoms with Crippen LogP contribution in [0.2, 0.25) is 0 Å². The maximum atomic E-state index is 4.58. The van der Waals surface area contributed by atoms with E-state index in [-0.39, 0.29) is 0 Å². The number of rotatable bonds is 16. The molecule has 1 aromatic heterocycles. The molecule has 0 amide bonds. The number of nitrogens with zero attached hydrogens (tertiary/aromatic N) is 2. The first kappa shape index (κ1) is 22.2. The molecule has 1 aromatic rings. The van der Waals surface area contributed by atoms with Gasteiger partial charge < -0.3 is 5.32 Å². The van der Waals surface area contributed by atoms with Gasteiger partial charge >= 0.3 is 0 Å². The van der Waals surface area contributed by atoms with E-state index in [9.17, 15) is 0 Å². The van der Waals surface area contributed by atoms with Crippen LogP contribution < -0.4 is 5.32 Å². The SMILES string of the molecule is CCCCCCCC(CCCCCCC)NCCn1nc(C)cc1C. The lowest BCUT2D eigenvalue weighted by Gasteiger charge is -2.19. The first-order valence-corrected chi connectivity index (χ1v) is 10.9. The molecule has 0 atom stereocenters. The van der Waals surface area contributed by atoms with Gasteiger partial charge in [0.1, 0.15) is 0 Å². The third-order valence-electron chi connectivity index (χ3n) is 5.17. The van der Waals surface area contributed by atoms with Crippen LogP contribution in [0, 0.1) is 13.8 Å². The van der Waals surface area contributed by atoms with Gasteiger partial charge in [-0.25, -0.2) is 0 Å². The van der Waals surface area contributed by atoms with Gasteiger partial charge in [0.2, 0.25) is 0 Å². The van der Waals surface area contributed by atoms with Crippen molar-refractivity contribution in [3.05, 3.63) is 17.5 Å². The third kappa shape index (κ3) is 10.7. The Balaban J connectivity index is 2.28. The highest BCUT2D eigenvalue weighted by Gasteiger charge is 2.08. The molecule has 146 valence electrons. The molecule has 0 fully saturated rings. The Bertz CT molecular complexity index is 411. The van der Waals surface area contributed by atoms with Crippen molar-refractivity contribution in [3.8, 4) is 0 Å². The Morgan fingerprint density at radius 3 is 1.92 bits per heavy atom. The average Bonchev–Trinajstić information content (AvgIpc) is 2.91. The molecule has 1 heterocycles. The van der Waals surface area contributed by atoms with Crippen LogP contribution in [0.4, 0.5) is 0 Å². The predicted octanol–water partition coefficient (Wildman–Crippen LogP) is 6.18. The molecule has 0 saturated carbocycles. The zero-order valence-corrected chi connectivity index (χ0v) is 17.4. The summed E-state index contributed by atoms with van der Waals surface area (Å²) in [5.41, 5.74) is 2.40. The van der Waals surface area contributed by atoms with Crippen molar-refractivity contribution < 1.29 is 0 Å². The minimum Gasteiger partial charge on any atom is -0.312 e. The van der Waals surface area contributed by atoms with E-state index in [1.165, 1.54) is 82.7 Å². The van der Waals surface area contributed by atoms with Crippen molar-refractivity contribution in [3.63, 3.8) is 0 Å². The van der Waals surface area contributed by atoms with Crippen molar-refractivity contribution in [2.45, 2.75) is 117 Å². The average molecular weight is 350 g/mol. The molecule has 1 N–H and O–H groups in total. The lowest BCUT2D eigenvalue weighted by atomic mass is 10.0. The first-order chi connectivity index (χ1) is 12.2. The number of hydrogen-bond donors (Lipinski definition) is 1. The summed E-state index contributed by atoms with van der Waals surface area (Å²) in [7, 11) is 0. The number of nitrogens with one attached hydrogen (secondary N) is 1. The second-order valence-corrected chi connectivity index (χ2v) is 7.71. The molecule has 0 spiro atoms. The summed E-state index contributed by atoms with van der Waals surface area (Å²) in [6.07, 6.45) is 16.5. The zero-order chi connectivity index (χ0) is 18.3. The minimum atomic E-state index is 0.695. The summed E-state index contributed by atoms with van der Waals surface area (Å²) in [5, 5.41) is 8.40. The van der Waals surface area contributed by atoms with Crippen LogP contribution in [-0.4, -0.2) is 22.4 Å². The standard InChI is InChI=1S/C22H43N3/c1-5-7-9-11-13-15-22(16-14-12-10-8-6-2)23-17-18-25-21(4)19-20(3)24-25/h19,22-23H,5-18H2,1-4H3. The summed E-state index contributed by atoms with van der Waals surface area (Å²) < 4.78 is 2.14. The lowest BCUT2D eigenvalue weighted by molar-refractivity contribution is 0.398. The number of aromatic nitrogens is 2. The normalized spacial score (nSPS) is 11.6. The maximum Gasteiger partial charge on any atom is 0.0596 e. The van der Waals surface area contributed by atoms with E-state index in [0.717, 1.165) is 18.8 Å². The van der Waals surface area contributed by atoms with Gasteiger partial charge in [0.25, 0.3) is 0 Å². The fourth-order valence-corrected chi connectivity index (χ4v) is 3.61. The number of aryl methyl sites for hydroxylation is 2. The second-order valence-electron chi connectivity index (χ2n) is 7.71. The van der Waals surface area contributed by atoms with E-state index >= 15 is 0 Å². The molecule has 0 radical (unpaired) electrons. The van der Waals surface area contributed by atoms with Crippen molar-refractivity contribution in [2.24, 2.45) is 0 Å². The van der Waals surface area contributed by atoms with Gasteiger partial charge in [0, 0.05) is 18.3 Å². The van der Waals surface area contributed by atoms with Gasteiger partial charge in [0.05, 0.1) is 12.2 Å². The highest BCUT2D eigenvalue weighted by atomic mass is 15.3. The van der Waals surface area contributed by atoms with E-state index in [1.54, 1.807) is 0 Å². The monoisotopic (exact) mass is 349 g/mol. The van der Waals surface area contributed by atoms with Crippen LogP contribution in [0.25, 0.3) is 0 Å². The van der Waals surface area contributed by atoms with E-state index in [2.05, 4.69) is 48.9 Å². The van der Waals surface area contributed by atoms with Crippen LogP contribution in [0.1, 0.15) is 102 Å². The van der Waals surface area contributed by atoms with Gasteiger partial charge in [-0.3, -0.25) is 4.68 Å². The van der Waals surface area contributed by atoms with E-state index in [4.69, 9.17) is 0 Å². The molecule has 0 aliphatic heterocycles. The highest BCUT2D eigenvalue weighted by Crippen LogP contribution is 2.13. The second kappa shape index (κ2) is 14.4. The Morgan fingerprint density at radius 1 is 0.880 bits per heavy atom. The van der Waals surface area contributed by atoms with Crippen LogP contribution in [0.15, 0.2) is 6.07 Å². The molecule has 0 aliphatic rings. The van der Waals surface area contributed by atoms with Gasteiger partial charge in [-0.05, 0) is 32.8 Å². The fraction of sp³-hybridized carbons (Fsp3) is 0.864. The largest absolute Gasteiger partial charge is 0.312 e. The van der Waals surface area contributed by atoms with Crippen LogP contribution in [0.3, 0.4) is 0 Å². The quantitative estimate of drug-likeness (QED) is 0.361. The van der Waals surface area contributed by atoms with Gasteiger partial charge in [-0.1, -0.05) is 78.1 Å². The molecule has 0 aromatic carbocycles. The van der Waals surface area contributed by atoms with Crippen molar-refractivity contribution in [1.82, 2.24) is 15.1 Å². The summed E-state index contributed by atoms with van der Waals surface area (Å²) in [6, 6.07) is 2.86. The van der Waals surface area contributed by atoms with Crippen molar-refractivity contribution in [2.75, 3.05) is 6.54 Å². The summed E-state index contributed by atoms with van der Waals surface area (Å²) >= 11 is 0. The first-order valence-electron chi connectivity index (χ1n) is 10.9. The van der Waals surface area contributed by atoms with Crippen molar-refractivity contribution in [1.29, 1.82) is 0 Å². The Morgan fingerprint density at radius 2 is 1.44 bits per heavy atom. The molecule has 0 unspecified atom stereocenters. The Labute approximate surface area is 157 Å². The molecule has 0 bridgehead atoms. The number of hydrogen-bond acceptors (Lipinski definition) is 2. The highest BCUT2D eigenvalue weighted by molar-refractivity contribution is 5.06. The Hall–Kier alpha value is -0.830. The Kier molecular flexibility index (Phi) is 12.8. The molecular formula is C22H43N3. The predicted molar refractivity (Wildman–Crippen MR) is 110 cm³/mol. The molecule has 25 heavy (non-hydrogen) atoms. The number of unbranched alkanes of at least 4 members (excludes halogenated alkanes) is 8. The molecule has 3 nitrogen and oxygen atoms in total. The summed E-state index contributed by atoms with van der Waals surface area (Å²) in [4.78, 5) is 0. The topological polar surface area (TPSA) is 29.9 Å². The smallest absolute Gasteiger partial charge is 0.0596 e. The van der Waals surface area contributed by atoms with Crippen LogP contribution >= 0.6 is 0 Å². The molecule has 0 saturated heterocycles.